The van der Waals surface area contributed by atoms with Crippen molar-refractivity contribution < 1.29 is 0 Å². The van der Waals surface area contributed by atoms with Crippen molar-refractivity contribution in [1.29, 1.82) is 0 Å². The summed E-state index contributed by atoms with van der Waals surface area (Å²) in [4.78, 5) is 6.60. The van der Waals surface area contributed by atoms with Crippen molar-refractivity contribution in [2.24, 2.45) is 0 Å². The van der Waals surface area contributed by atoms with Crippen LogP contribution in [0.15, 0.2) is 18.3 Å². The molecule has 2 nitrogen and oxygen atoms in total. The van der Waals surface area contributed by atoms with Gasteiger partial charge in [0.25, 0.3) is 0 Å². The third-order valence-corrected chi connectivity index (χ3v) is 2.71. The number of rotatable bonds is 1. The molecule has 0 aromatic carbocycles. The number of aromatic nitrogens is 1. The van der Waals surface area contributed by atoms with Crippen LogP contribution >= 0.6 is 11.6 Å². The number of hydrogen-bond donors (Lipinski definition) is 0. The molecule has 70 valence electrons. The number of aryl methyl sites for hydroxylation is 1. The Morgan fingerprint density at radius 2 is 2.38 bits per heavy atom. The molecule has 0 bridgehead atoms. The first-order chi connectivity index (χ1) is 6.25. The zero-order valence-electron chi connectivity index (χ0n) is 7.70. The predicted molar refractivity (Wildman–Crippen MR) is 55.4 cm³/mol. The predicted octanol–water partition coefficient (Wildman–Crippen LogP) is 2.21. The second kappa shape index (κ2) is 3.54. The van der Waals surface area contributed by atoms with Crippen LogP contribution in [0.3, 0.4) is 0 Å². The summed E-state index contributed by atoms with van der Waals surface area (Å²) in [5.41, 5.74) is 1.20. The molecule has 0 radical (unpaired) electrons. The van der Waals surface area contributed by atoms with Gasteiger partial charge < -0.3 is 4.90 Å². The molecule has 0 spiro atoms. The molecule has 0 aliphatic carbocycles. The lowest BCUT2D eigenvalue weighted by Gasteiger charge is -2.16. The van der Waals surface area contributed by atoms with Gasteiger partial charge in [0, 0.05) is 19.3 Å². The highest BCUT2D eigenvalue weighted by atomic mass is 35.5. The average Bonchev–Trinajstić information content (AvgIpc) is 2.53. The van der Waals surface area contributed by atoms with Crippen molar-refractivity contribution in [3.8, 4) is 0 Å². The van der Waals surface area contributed by atoms with Crippen molar-refractivity contribution >= 4 is 17.4 Å². The number of anilines is 1. The molecule has 1 aromatic rings. The molecule has 0 amide bonds. The fourth-order valence-corrected chi connectivity index (χ4v) is 1.84. The summed E-state index contributed by atoms with van der Waals surface area (Å²) >= 11 is 6.02. The number of hydrogen-bond acceptors (Lipinski definition) is 2. The van der Waals surface area contributed by atoms with E-state index < -0.39 is 0 Å². The van der Waals surface area contributed by atoms with Gasteiger partial charge in [0.1, 0.15) is 5.82 Å². The number of pyridine rings is 1. The highest BCUT2D eigenvalue weighted by Crippen LogP contribution is 2.20. The van der Waals surface area contributed by atoms with Crippen LogP contribution in [-0.2, 0) is 0 Å². The van der Waals surface area contributed by atoms with Gasteiger partial charge in [-0.3, -0.25) is 0 Å². The van der Waals surface area contributed by atoms with E-state index in [1.165, 1.54) is 5.56 Å². The first-order valence-electron chi connectivity index (χ1n) is 4.57. The maximum atomic E-state index is 6.02. The van der Waals surface area contributed by atoms with E-state index in [0.717, 1.165) is 25.3 Å². The molecular weight excluding hydrogens is 184 g/mol. The fourth-order valence-electron chi connectivity index (χ4n) is 1.57. The van der Waals surface area contributed by atoms with E-state index in [1.54, 1.807) is 0 Å². The molecule has 3 heteroatoms. The SMILES string of the molecule is Cc1ccc(N2CCC(Cl)C2)nc1. The topological polar surface area (TPSA) is 16.1 Å². The first kappa shape index (κ1) is 8.82. The third-order valence-electron chi connectivity index (χ3n) is 2.35. The number of halogens is 1. The Labute approximate surface area is 83.5 Å². The lowest BCUT2D eigenvalue weighted by molar-refractivity contribution is 0.936. The van der Waals surface area contributed by atoms with Gasteiger partial charge in [-0.25, -0.2) is 4.98 Å². The van der Waals surface area contributed by atoms with Crippen LogP contribution in [-0.4, -0.2) is 23.5 Å². The molecule has 1 aliphatic rings. The Kier molecular flexibility index (Phi) is 2.40. The fraction of sp³-hybridized carbons (Fsp3) is 0.500. The molecule has 2 heterocycles. The molecule has 0 N–H and O–H groups in total. The molecule has 0 saturated carbocycles. The summed E-state index contributed by atoms with van der Waals surface area (Å²) in [5, 5.41) is 0.295. The largest absolute Gasteiger partial charge is 0.355 e. The molecular formula is C10H13ClN2. The summed E-state index contributed by atoms with van der Waals surface area (Å²) < 4.78 is 0. The van der Waals surface area contributed by atoms with Gasteiger partial charge in [-0.1, -0.05) is 6.07 Å². The van der Waals surface area contributed by atoms with E-state index in [1.807, 2.05) is 13.1 Å². The smallest absolute Gasteiger partial charge is 0.128 e. The van der Waals surface area contributed by atoms with Crippen LogP contribution < -0.4 is 4.90 Å². The lowest BCUT2D eigenvalue weighted by atomic mass is 10.3. The summed E-state index contributed by atoms with van der Waals surface area (Å²) in [5.74, 6) is 1.05. The Bertz CT molecular complexity index is 283. The second-order valence-electron chi connectivity index (χ2n) is 3.53. The first-order valence-corrected chi connectivity index (χ1v) is 5.01. The van der Waals surface area contributed by atoms with Crippen molar-refractivity contribution in [3.05, 3.63) is 23.9 Å². The van der Waals surface area contributed by atoms with E-state index in [4.69, 9.17) is 11.6 Å². The minimum atomic E-state index is 0.295. The van der Waals surface area contributed by atoms with Gasteiger partial charge in [0.2, 0.25) is 0 Å². The lowest BCUT2D eigenvalue weighted by Crippen LogP contribution is -2.20. The van der Waals surface area contributed by atoms with Crippen LogP contribution in [0.25, 0.3) is 0 Å². The maximum absolute atomic E-state index is 6.02. The average molecular weight is 197 g/mol. The molecule has 1 aromatic heterocycles. The number of nitrogens with zero attached hydrogens (tertiary/aromatic N) is 2. The Morgan fingerprint density at radius 3 is 2.92 bits per heavy atom. The molecule has 1 fully saturated rings. The Morgan fingerprint density at radius 1 is 1.54 bits per heavy atom. The van der Waals surface area contributed by atoms with Crippen LogP contribution in [0, 0.1) is 6.92 Å². The van der Waals surface area contributed by atoms with Crippen molar-refractivity contribution in [3.63, 3.8) is 0 Å². The Balaban J connectivity index is 2.13. The zero-order valence-corrected chi connectivity index (χ0v) is 8.46. The molecule has 1 aliphatic heterocycles. The minimum Gasteiger partial charge on any atom is -0.355 e. The van der Waals surface area contributed by atoms with Gasteiger partial charge >= 0.3 is 0 Å². The van der Waals surface area contributed by atoms with Gasteiger partial charge in [-0.15, -0.1) is 11.6 Å². The maximum Gasteiger partial charge on any atom is 0.128 e. The van der Waals surface area contributed by atoms with E-state index in [2.05, 4.69) is 22.0 Å². The van der Waals surface area contributed by atoms with E-state index in [0.29, 0.717) is 5.38 Å². The van der Waals surface area contributed by atoms with E-state index in [-0.39, 0.29) is 0 Å². The Hall–Kier alpha value is -0.760. The van der Waals surface area contributed by atoms with Gasteiger partial charge in [-0.05, 0) is 25.0 Å². The molecule has 1 atom stereocenters. The monoisotopic (exact) mass is 196 g/mol. The number of alkyl halides is 1. The normalized spacial score (nSPS) is 22.3. The molecule has 1 saturated heterocycles. The van der Waals surface area contributed by atoms with Crippen molar-refractivity contribution in [1.82, 2.24) is 4.98 Å². The minimum absolute atomic E-state index is 0.295. The van der Waals surface area contributed by atoms with Crippen molar-refractivity contribution in [2.75, 3.05) is 18.0 Å². The molecule has 1 unspecified atom stereocenters. The summed E-state index contributed by atoms with van der Waals surface area (Å²) in [6, 6.07) is 4.15. The summed E-state index contributed by atoms with van der Waals surface area (Å²) in [6.07, 6.45) is 2.97. The third kappa shape index (κ3) is 1.94. The van der Waals surface area contributed by atoms with Gasteiger partial charge in [0.15, 0.2) is 0 Å². The van der Waals surface area contributed by atoms with Gasteiger partial charge in [-0.2, -0.15) is 0 Å². The zero-order chi connectivity index (χ0) is 9.26. The quantitative estimate of drug-likeness (QED) is 0.641. The van der Waals surface area contributed by atoms with Crippen LogP contribution in [0.4, 0.5) is 5.82 Å². The van der Waals surface area contributed by atoms with E-state index in [9.17, 15) is 0 Å². The van der Waals surface area contributed by atoms with Gasteiger partial charge in [0.05, 0.1) is 5.38 Å². The van der Waals surface area contributed by atoms with Crippen LogP contribution in [0.2, 0.25) is 0 Å². The summed E-state index contributed by atoms with van der Waals surface area (Å²) in [7, 11) is 0. The molecule has 2 rings (SSSR count). The standard InChI is InChI=1S/C10H13ClN2/c1-8-2-3-10(12-6-8)13-5-4-9(11)7-13/h2-3,6,9H,4-5,7H2,1H3. The van der Waals surface area contributed by atoms with E-state index >= 15 is 0 Å². The highest BCUT2D eigenvalue weighted by molar-refractivity contribution is 6.21. The highest BCUT2D eigenvalue weighted by Gasteiger charge is 2.20. The summed E-state index contributed by atoms with van der Waals surface area (Å²) in [6.45, 7) is 4.01. The second-order valence-corrected chi connectivity index (χ2v) is 4.14. The van der Waals surface area contributed by atoms with Crippen LogP contribution in [0.1, 0.15) is 12.0 Å². The molecule has 13 heavy (non-hydrogen) atoms. The van der Waals surface area contributed by atoms with Crippen LogP contribution in [0.5, 0.6) is 0 Å². The van der Waals surface area contributed by atoms with Crippen molar-refractivity contribution in [2.45, 2.75) is 18.7 Å².